The fraction of sp³-hybridized carbons (Fsp3) is 0.364. The second-order valence-electron chi connectivity index (χ2n) is 7.02. The first-order valence-corrected chi connectivity index (χ1v) is 9.61. The number of carbonyl (C=O) groups excluding carboxylic acids is 1. The average molecular weight is 512 g/mol. The predicted molar refractivity (Wildman–Crippen MR) is 128 cm³/mol. The molecule has 2 aromatic rings. The summed E-state index contributed by atoms with van der Waals surface area (Å²) < 4.78 is 13.0. The van der Waals surface area contributed by atoms with Crippen molar-refractivity contribution in [2.75, 3.05) is 11.9 Å². The monoisotopic (exact) mass is 512 g/mol. The van der Waals surface area contributed by atoms with Crippen LogP contribution in [0.5, 0.6) is 0 Å². The van der Waals surface area contributed by atoms with Crippen LogP contribution in [0, 0.1) is 11.7 Å². The molecular formula is C22H30FIN4O. The molecule has 0 saturated carbocycles. The van der Waals surface area contributed by atoms with Gasteiger partial charge in [0.25, 0.3) is 0 Å². The van der Waals surface area contributed by atoms with E-state index in [9.17, 15) is 9.18 Å². The fourth-order valence-corrected chi connectivity index (χ4v) is 2.63. The summed E-state index contributed by atoms with van der Waals surface area (Å²) >= 11 is 0. The highest BCUT2D eigenvalue weighted by molar-refractivity contribution is 14.0. The number of anilines is 1. The summed E-state index contributed by atoms with van der Waals surface area (Å²) in [6.45, 7) is 7.81. The van der Waals surface area contributed by atoms with Crippen LogP contribution in [0.4, 0.5) is 10.1 Å². The number of hydrogen-bond acceptors (Lipinski definition) is 2. The Kier molecular flexibility index (Phi) is 11.3. The number of halogens is 2. The van der Waals surface area contributed by atoms with E-state index in [4.69, 9.17) is 0 Å². The van der Waals surface area contributed by atoms with Gasteiger partial charge in [0.15, 0.2) is 5.96 Å². The lowest BCUT2D eigenvalue weighted by atomic mass is 10.1. The second kappa shape index (κ2) is 13.1. The Balaban J connectivity index is 0.00000420. The van der Waals surface area contributed by atoms with E-state index in [1.807, 2.05) is 45.0 Å². The van der Waals surface area contributed by atoms with E-state index in [1.165, 1.54) is 12.1 Å². The van der Waals surface area contributed by atoms with Gasteiger partial charge in [0.2, 0.25) is 5.91 Å². The molecule has 158 valence electrons. The molecular weight excluding hydrogens is 482 g/mol. The molecule has 0 saturated heterocycles. The maximum absolute atomic E-state index is 13.0. The summed E-state index contributed by atoms with van der Waals surface area (Å²) in [6.07, 6.45) is 0.500. The zero-order chi connectivity index (χ0) is 20.4. The van der Waals surface area contributed by atoms with Crippen LogP contribution in [0.3, 0.4) is 0 Å². The van der Waals surface area contributed by atoms with Gasteiger partial charge in [-0.3, -0.25) is 4.79 Å². The zero-order valence-electron chi connectivity index (χ0n) is 17.2. The van der Waals surface area contributed by atoms with Gasteiger partial charge >= 0.3 is 0 Å². The summed E-state index contributed by atoms with van der Waals surface area (Å²) in [5, 5.41) is 9.37. The van der Waals surface area contributed by atoms with E-state index in [-0.39, 0.29) is 35.7 Å². The van der Waals surface area contributed by atoms with Gasteiger partial charge in [0.1, 0.15) is 5.82 Å². The number of carbonyl (C=O) groups is 1. The summed E-state index contributed by atoms with van der Waals surface area (Å²) in [7, 11) is 0. The van der Waals surface area contributed by atoms with E-state index in [2.05, 4.69) is 20.9 Å². The van der Waals surface area contributed by atoms with E-state index in [1.54, 1.807) is 12.1 Å². The molecule has 0 spiro atoms. The SMILES string of the molecule is CCNC(=NCc1cccc(NC(=O)CC(C)C)c1)NCc1ccc(F)cc1.I. The van der Waals surface area contributed by atoms with E-state index < -0.39 is 0 Å². The largest absolute Gasteiger partial charge is 0.357 e. The average Bonchev–Trinajstić information content (AvgIpc) is 2.65. The molecule has 2 aromatic carbocycles. The van der Waals surface area contributed by atoms with Crippen molar-refractivity contribution >= 4 is 41.5 Å². The van der Waals surface area contributed by atoms with Crippen molar-refractivity contribution in [2.45, 2.75) is 40.3 Å². The van der Waals surface area contributed by atoms with Gasteiger partial charge in [-0.05, 0) is 48.2 Å². The van der Waals surface area contributed by atoms with Gasteiger partial charge in [-0.15, -0.1) is 24.0 Å². The standard InChI is InChI=1S/C22H29FN4O.HI/c1-4-24-22(25-14-17-8-10-19(23)11-9-17)26-15-18-6-5-7-20(13-18)27-21(28)12-16(2)3;/h5-11,13,16H,4,12,14-15H2,1-3H3,(H,27,28)(H2,24,25,26);1H. The highest BCUT2D eigenvalue weighted by atomic mass is 127. The molecule has 0 aliphatic carbocycles. The first-order chi connectivity index (χ1) is 13.5. The maximum atomic E-state index is 13.0. The van der Waals surface area contributed by atoms with Crippen molar-refractivity contribution in [3.63, 3.8) is 0 Å². The smallest absolute Gasteiger partial charge is 0.224 e. The maximum Gasteiger partial charge on any atom is 0.224 e. The zero-order valence-corrected chi connectivity index (χ0v) is 19.5. The van der Waals surface area contributed by atoms with Crippen LogP contribution in [0.15, 0.2) is 53.5 Å². The molecule has 0 atom stereocenters. The Morgan fingerprint density at radius 3 is 2.45 bits per heavy atom. The number of benzene rings is 2. The van der Waals surface area contributed by atoms with Gasteiger partial charge in [-0.2, -0.15) is 0 Å². The van der Waals surface area contributed by atoms with Crippen LogP contribution in [-0.2, 0) is 17.9 Å². The first kappa shape index (κ1) is 24.9. The fourth-order valence-electron chi connectivity index (χ4n) is 2.63. The Morgan fingerprint density at radius 1 is 1.07 bits per heavy atom. The highest BCUT2D eigenvalue weighted by Crippen LogP contribution is 2.13. The van der Waals surface area contributed by atoms with Gasteiger partial charge in [0.05, 0.1) is 6.54 Å². The van der Waals surface area contributed by atoms with Crippen LogP contribution >= 0.6 is 24.0 Å². The molecule has 0 aromatic heterocycles. The van der Waals surface area contributed by atoms with Gasteiger partial charge in [0, 0.05) is 25.2 Å². The summed E-state index contributed by atoms with van der Waals surface area (Å²) in [6, 6.07) is 14.1. The third-order valence-electron chi connectivity index (χ3n) is 3.94. The van der Waals surface area contributed by atoms with Crippen molar-refractivity contribution in [2.24, 2.45) is 10.9 Å². The molecule has 2 rings (SSSR count). The molecule has 1 amide bonds. The predicted octanol–water partition coefficient (Wildman–Crippen LogP) is 4.68. The summed E-state index contributed by atoms with van der Waals surface area (Å²) in [5.74, 6) is 0.776. The number of guanidine groups is 1. The lowest BCUT2D eigenvalue weighted by molar-refractivity contribution is -0.116. The van der Waals surface area contributed by atoms with Crippen LogP contribution in [0.2, 0.25) is 0 Å². The van der Waals surface area contributed by atoms with E-state index in [0.717, 1.165) is 23.4 Å². The van der Waals surface area contributed by atoms with Gasteiger partial charge in [-0.25, -0.2) is 9.38 Å². The lowest BCUT2D eigenvalue weighted by Gasteiger charge is -2.12. The molecule has 7 heteroatoms. The van der Waals surface area contributed by atoms with E-state index in [0.29, 0.717) is 31.4 Å². The Morgan fingerprint density at radius 2 is 1.79 bits per heavy atom. The third-order valence-corrected chi connectivity index (χ3v) is 3.94. The first-order valence-electron chi connectivity index (χ1n) is 9.61. The number of nitrogens with one attached hydrogen (secondary N) is 3. The van der Waals surface area contributed by atoms with Crippen LogP contribution in [0.1, 0.15) is 38.3 Å². The molecule has 0 unspecified atom stereocenters. The molecule has 0 heterocycles. The Hall–Kier alpha value is -2.16. The normalized spacial score (nSPS) is 11.0. The number of aliphatic imine (C=N–C) groups is 1. The minimum atomic E-state index is -0.246. The number of rotatable bonds is 8. The van der Waals surface area contributed by atoms with Crippen molar-refractivity contribution < 1.29 is 9.18 Å². The van der Waals surface area contributed by atoms with Crippen molar-refractivity contribution in [3.8, 4) is 0 Å². The van der Waals surface area contributed by atoms with E-state index >= 15 is 0 Å². The molecule has 3 N–H and O–H groups in total. The molecule has 0 radical (unpaired) electrons. The summed E-state index contributed by atoms with van der Waals surface area (Å²) in [5.41, 5.74) is 2.76. The Bertz CT molecular complexity index is 794. The van der Waals surface area contributed by atoms with Gasteiger partial charge in [-0.1, -0.05) is 38.1 Å². The van der Waals surface area contributed by atoms with Crippen LogP contribution < -0.4 is 16.0 Å². The summed E-state index contributed by atoms with van der Waals surface area (Å²) in [4.78, 5) is 16.5. The number of amides is 1. The van der Waals surface area contributed by atoms with Crippen molar-refractivity contribution in [1.29, 1.82) is 0 Å². The second-order valence-corrected chi connectivity index (χ2v) is 7.02. The highest BCUT2D eigenvalue weighted by Gasteiger charge is 2.06. The topological polar surface area (TPSA) is 65.5 Å². The third kappa shape index (κ3) is 9.74. The number of hydrogen-bond donors (Lipinski definition) is 3. The molecule has 29 heavy (non-hydrogen) atoms. The van der Waals surface area contributed by atoms with Gasteiger partial charge < -0.3 is 16.0 Å². The van der Waals surface area contributed by atoms with Crippen LogP contribution in [-0.4, -0.2) is 18.4 Å². The van der Waals surface area contributed by atoms with Crippen LogP contribution in [0.25, 0.3) is 0 Å². The molecule has 0 bridgehead atoms. The number of nitrogens with zero attached hydrogens (tertiary/aromatic N) is 1. The van der Waals surface area contributed by atoms with Crippen molar-refractivity contribution in [1.82, 2.24) is 10.6 Å². The molecule has 5 nitrogen and oxygen atoms in total. The minimum Gasteiger partial charge on any atom is -0.357 e. The molecule has 0 aliphatic rings. The minimum absolute atomic E-state index is 0. The van der Waals surface area contributed by atoms with Crippen molar-refractivity contribution in [3.05, 3.63) is 65.5 Å². The quantitative estimate of drug-likeness (QED) is 0.273. The Labute approximate surface area is 189 Å². The molecule has 0 fully saturated rings. The lowest BCUT2D eigenvalue weighted by Crippen LogP contribution is -2.36. The molecule has 0 aliphatic heterocycles.